The third-order valence-electron chi connectivity index (χ3n) is 2.37. The minimum absolute atomic E-state index is 0.0460. The molecule has 5 heteroatoms. The second kappa shape index (κ2) is 7.52. The zero-order chi connectivity index (χ0) is 14.3. The van der Waals surface area contributed by atoms with E-state index in [0.29, 0.717) is 18.5 Å². The smallest absolute Gasteiger partial charge is 0.231 e. The van der Waals surface area contributed by atoms with Gasteiger partial charge in [0, 0.05) is 13.0 Å². The Labute approximate surface area is 112 Å². The lowest BCUT2D eigenvalue weighted by molar-refractivity contribution is -0.118. The Morgan fingerprint density at radius 3 is 2.89 bits per heavy atom. The average molecular weight is 264 g/mol. The van der Waals surface area contributed by atoms with E-state index >= 15 is 0 Å². The monoisotopic (exact) mass is 264 g/mol. The van der Waals surface area contributed by atoms with Gasteiger partial charge in [-0.3, -0.25) is 9.69 Å². The van der Waals surface area contributed by atoms with Crippen molar-refractivity contribution in [1.82, 2.24) is 4.90 Å². The van der Waals surface area contributed by atoms with Crippen LogP contribution in [0.2, 0.25) is 0 Å². The molecular weight excluding hydrogens is 247 g/mol. The molecule has 0 aliphatic rings. The predicted octanol–water partition coefficient (Wildman–Crippen LogP) is 0.477. The number of primary amides is 1. The molecule has 0 fully saturated rings. The van der Waals surface area contributed by atoms with E-state index in [1.165, 1.54) is 6.07 Å². The topological polar surface area (TPSA) is 66.6 Å². The van der Waals surface area contributed by atoms with Gasteiger partial charge < -0.3 is 10.8 Å². The third-order valence-corrected chi connectivity index (χ3v) is 2.37. The van der Waals surface area contributed by atoms with Crippen molar-refractivity contribution in [1.29, 1.82) is 0 Å². The molecule has 4 nitrogen and oxygen atoms in total. The number of hydrogen-bond donors (Lipinski definition) is 2. The maximum Gasteiger partial charge on any atom is 0.231 e. The van der Waals surface area contributed by atoms with Crippen molar-refractivity contribution in [2.75, 3.05) is 20.2 Å². The number of carbonyl (C=O) groups is 1. The molecule has 1 rings (SSSR count). The van der Waals surface area contributed by atoms with Crippen molar-refractivity contribution in [3.05, 3.63) is 35.1 Å². The van der Waals surface area contributed by atoms with Crippen LogP contribution in [0, 0.1) is 17.7 Å². The number of benzene rings is 1. The number of amides is 1. The summed E-state index contributed by atoms with van der Waals surface area (Å²) in [5.41, 5.74) is 6.23. The summed E-state index contributed by atoms with van der Waals surface area (Å²) in [6.45, 7) is 0.580. The van der Waals surface area contributed by atoms with Crippen LogP contribution in [0.15, 0.2) is 18.2 Å². The van der Waals surface area contributed by atoms with E-state index in [2.05, 4.69) is 11.8 Å². The molecule has 0 bridgehead atoms. The summed E-state index contributed by atoms with van der Waals surface area (Å²) in [5.74, 6) is 4.54. The molecule has 0 atom stereocenters. The quantitative estimate of drug-likeness (QED) is 0.760. The molecule has 1 aromatic carbocycles. The van der Waals surface area contributed by atoms with Crippen LogP contribution in [0.25, 0.3) is 0 Å². The van der Waals surface area contributed by atoms with Gasteiger partial charge in [-0.1, -0.05) is 17.9 Å². The van der Waals surface area contributed by atoms with E-state index < -0.39 is 11.7 Å². The maximum absolute atomic E-state index is 13.5. The van der Waals surface area contributed by atoms with Crippen LogP contribution in [-0.4, -0.2) is 36.1 Å². The fraction of sp³-hybridized carbons (Fsp3) is 0.357. The molecule has 0 spiro atoms. The van der Waals surface area contributed by atoms with E-state index in [-0.39, 0.29) is 13.2 Å². The highest BCUT2D eigenvalue weighted by molar-refractivity contribution is 5.75. The van der Waals surface area contributed by atoms with Gasteiger partial charge in [0.2, 0.25) is 5.91 Å². The Kier molecular flexibility index (Phi) is 6.00. The number of rotatable bonds is 5. The second-order valence-electron chi connectivity index (χ2n) is 4.23. The molecule has 1 aromatic rings. The van der Waals surface area contributed by atoms with Crippen LogP contribution in [0.4, 0.5) is 4.39 Å². The van der Waals surface area contributed by atoms with Crippen molar-refractivity contribution < 1.29 is 14.3 Å². The molecule has 0 aliphatic carbocycles. The zero-order valence-electron chi connectivity index (χ0n) is 10.8. The Morgan fingerprint density at radius 1 is 1.53 bits per heavy atom. The fourth-order valence-corrected chi connectivity index (χ4v) is 1.61. The van der Waals surface area contributed by atoms with Gasteiger partial charge in [-0.05, 0) is 24.7 Å². The molecule has 0 unspecified atom stereocenters. The molecule has 19 heavy (non-hydrogen) atoms. The SMILES string of the molecule is CN(CC(N)=O)Cc1ccc(F)c(C#CCCO)c1. The normalized spacial score (nSPS) is 10.1. The minimum atomic E-state index is -0.410. The number of hydrogen-bond acceptors (Lipinski definition) is 3. The minimum Gasteiger partial charge on any atom is -0.395 e. The number of nitrogens with zero attached hydrogens (tertiary/aromatic N) is 1. The lowest BCUT2D eigenvalue weighted by atomic mass is 10.1. The van der Waals surface area contributed by atoms with Crippen LogP contribution >= 0.6 is 0 Å². The first kappa shape index (κ1) is 15.2. The number of aliphatic hydroxyl groups is 1. The van der Waals surface area contributed by atoms with Crippen molar-refractivity contribution >= 4 is 5.91 Å². The average Bonchev–Trinajstić information content (AvgIpc) is 2.32. The van der Waals surface area contributed by atoms with E-state index in [1.54, 1.807) is 24.1 Å². The molecule has 0 heterocycles. The van der Waals surface area contributed by atoms with Gasteiger partial charge in [0.05, 0.1) is 18.7 Å². The molecule has 0 aliphatic heterocycles. The molecule has 0 saturated heterocycles. The summed E-state index contributed by atoms with van der Waals surface area (Å²) in [7, 11) is 1.76. The number of carbonyl (C=O) groups excluding carboxylic acids is 1. The van der Waals surface area contributed by atoms with Gasteiger partial charge in [-0.2, -0.15) is 0 Å². The van der Waals surface area contributed by atoms with Gasteiger partial charge in [0.25, 0.3) is 0 Å². The lowest BCUT2D eigenvalue weighted by Gasteiger charge is -2.14. The first-order chi connectivity index (χ1) is 9.02. The van der Waals surface area contributed by atoms with Crippen LogP contribution in [-0.2, 0) is 11.3 Å². The summed E-state index contributed by atoms with van der Waals surface area (Å²) in [4.78, 5) is 12.5. The van der Waals surface area contributed by atoms with Crippen LogP contribution in [0.5, 0.6) is 0 Å². The van der Waals surface area contributed by atoms with Crippen molar-refractivity contribution in [2.45, 2.75) is 13.0 Å². The standard InChI is InChI=1S/C14H17FN2O2/c1-17(10-14(16)19)9-11-5-6-13(15)12(8-11)4-2-3-7-18/h5-6,8,18H,3,7,9-10H2,1H3,(H2,16,19). The zero-order valence-corrected chi connectivity index (χ0v) is 10.8. The van der Waals surface area contributed by atoms with Crippen LogP contribution in [0.3, 0.4) is 0 Å². The molecule has 0 saturated carbocycles. The Bertz CT molecular complexity index is 506. The fourth-order valence-electron chi connectivity index (χ4n) is 1.61. The van der Waals surface area contributed by atoms with Gasteiger partial charge >= 0.3 is 0 Å². The van der Waals surface area contributed by atoms with Crippen LogP contribution in [0.1, 0.15) is 17.5 Å². The summed E-state index contributed by atoms with van der Waals surface area (Å²) in [5, 5.41) is 8.62. The largest absolute Gasteiger partial charge is 0.395 e. The number of aliphatic hydroxyl groups excluding tert-OH is 1. The Hall–Kier alpha value is -1.90. The van der Waals surface area contributed by atoms with E-state index in [9.17, 15) is 9.18 Å². The number of halogens is 1. The predicted molar refractivity (Wildman–Crippen MR) is 70.5 cm³/mol. The summed E-state index contributed by atoms with van der Waals surface area (Å²) in [6, 6.07) is 4.62. The lowest BCUT2D eigenvalue weighted by Crippen LogP contribution is -2.30. The number of likely N-dealkylation sites (N-methyl/N-ethyl adjacent to an activating group) is 1. The molecular formula is C14H17FN2O2. The second-order valence-corrected chi connectivity index (χ2v) is 4.23. The van der Waals surface area contributed by atoms with Crippen molar-refractivity contribution in [3.63, 3.8) is 0 Å². The van der Waals surface area contributed by atoms with Gasteiger partial charge in [0.1, 0.15) is 5.82 Å². The Morgan fingerprint density at radius 2 is 2.26 bits per heavy atom. The van der Waals surface area contributed by atoms with E-state index in [0.717, 1.165) is 5.56 Å². The molecule has 3 N–H and O–H groups in total. The van der Waals surface area contributed by atoms with Gasteiger partial charge in [0.15, 0.2) is 0 Å². The van der Waals surface area contributed by atoms with Crippen molar-refractivity contribution in [3.8, 4) is 11.8 Å². The first-order valence-electron chi connectivity index (χ1n) is 5.88. The third kappa shape index (κ3) is 5.51. The number of nitrogens with two attached hydrogens (primary N) is 1. The highest BCUT2D eigenvalue weighted by Crippen LogP contribution is 2.11. The van der Waals surface area contributed by atoms with Crippen LogP contribution < -0.4 is 5.73 Å². The highest BCUT2D eigenvalue weighted by atomic mass is 19.1. The van der Waals surface area contributed by atoms with Gasteiger partial charge in [-0.15, -0.1) is 0 Å². The van der Waals surface area contributed by atoms with Gasteiger partial charge in [-0.25, -0.2) is 4.39 Å². The molecule has 1 amide bonds. The van der Waals surface area contributed by atoms with E-state index in [1.807, 2.05) is 0 Å². The Balaban J connectivity index is 2.79. The first-order valence-corrected chi connectivity index (χ1v) is 5.88. The summed E-state index contributed by atoms with van der Waals surface area (Å²) < 4.78 is 13.5. The molecule has 102 valence electrons. The summed E-state index contributed by atoms with van der Waals surface area (Å²) >= 11 is 0. The molecule has 0 aromatic heterocycles. The highest BCUT2D eigenvalue weighted by Gasteiger charge is 2.06. The maximum atomic E-state index is 13.5. The molecule has 0 radical (unpaired) electrons. The van der Waals surface area contributed by atoms with E-state index in [4.69, 9.17) is 10.8 Å². The van der Waals surface area contributed by atoms with Crippen molar-refractivity contribution in [2.24, 2.45) is 5.73 Å². The summed E-state index contributed by atoms with van der Waals surface area (Å²) in [6.07, 6.45) is 0.311.